The first-order valence-electron chi connectivity index (χ1n) is 8.31. The van der Waals surface area contributed by atoms with Gasteiger partial charge in [-0.1, -0.05) is 0 Å². The number of ether oxygens (including phenoxy) is 3. The van der Waals surface area contributed by atoms with Gasteiger partial charge in [0.2, 0.25) is 0 Å². The molecule has 5 heteroatoms. The van der Waals surface area contributed by atoms with Crippen LogP contribution in [0.1, 0.15) is 30.9 Å². The van der Waals surface area contributed by atoms with Crippen molar-refractivity contribution < 1.29 is 23.9 Å². The summed E-state index contributed by atoms with van der Waals surface area (Å²) in [4.78, 5) is 13.3. The van der Waals surface area contributed by atoms with E-state index in [2.05, 4.69) is 6.07 Å². The van der Waals surface area contributed by atoms with E-state index in [9.17, 15) is 4.79 Å². The molecule has 1 aromatic rings. The summed E-state index contributed by atoms with van der Waals surface area (Å²) in [7, 11) is 3.38. The number of hydrogen-bond acceptors (Lipinski definition) is 4. The van der Waals surface area contributed by atoms with Crippen molar-refractivity contribution in [2.24, 2.45) is 5.92 Å². The average Bonchev–Trinajstić information content (AvgIpc) is 2.56. The number of piperidine rings is 1. The van der Waals surface area contributed by atoms with Crippen molar-refractivity contribution in [3.8, 4) is 11.5 Å². The molecule has 2 rings (SSSR count). The molecule has 0 spiro atoms. The minimum atomic E-state index is -0.0376. The quantitative estimate of drug-likeness (QED) is 0.804. The van der Waals surface area contributed by atoms with Crippen molar-refractivity contribution in [3.05, 3.63) is 23.3 Å². The van der Waals surface area contributed by atoms with Gasteiger partial charge in [0.05, 0.1) is 39.8 Å². The largest absolute Gasteiger partial charge is 0.496 e. The maximum atomic E-state index is 11.8. The lowest BCUT2D eigenvalue weighted by molar-refractivity contribution is -0.919. The van der Waals surface area contributed by atoms with Gasteiger partial charge in [0.1, 0.15) is 18.0 Å². The van der Waals surface area contributed by atoms with Crippen molar-refractivity contribution in [3.63, 3.8) is 0 Å². The molecule has 0 radical (unpaired) electrons. The Morgan fingerprint density at radius 1 is 1.22 bits per heavy atom. The highest BCUT2D eigenvalue weighted by atomic mass is 16.5. The molecule has 128 valence electrons. The SMILES string of the molecule is CCOC(=O)C1CC[NH+](Cc2ccc(OC)c(C)c2OC)CC1. The van der Waals surface area contributed by atoms with E-state index < -0.39 is 0 Å². The Morgan fingerprint density at radius 2 is 1.91 bits per heavy atom. The van der Waals surface area contributed by atoms with Gasteiger partial charge >= 0.3 is 5.97 Å². The Labute approximate surface area is 138 Å². The Balaban J connectivity index is 1.99. The predicted octanol–water partition coefficient (Wildman–Crippen LogP) is 1.37. The van der Waals surface area contributed by atoms with Gasteiger partial charge in [-0.3, -0.25) is 4.79 Å². The molecule has 0 amide bonds. The first-order valence-corrected chi connectivity index (χ1v) is 8.31. The van der Waals surface area contributed by atoms with E-state index in [1.165, 1.54) is 10.5 Å². The summed E-state index contributed by atoms with van der Waals surface area (Å²) in [5.41, 5.74) is 2.23. The van der Waals surface area contributed by atoms with E-state index in [1.54, 1.807) is 14.2 Å². The van der Waals surface area contributed by atoms with Gasteiger partial charge in [0.25, 0.3) is 0 Å². The van der Waals surface area contributed by atoms with Crippen molar-refractivity contribution in [2.45, 2.75) is 33.2 Å². The molecule has 1 aliphatic heterocycles. The van der Waals surface area contributed by atoms with Crippen LogP contribution in [0, 0.1) is 12.8 Å². The number of hydrogen-bond donors (Lipinski definition) is 1. The molecular formula is C18H28NO4+. The predicted molar refractivity (Wildman–Crippen MR) is 88.0 cm³/mol. The van der Waals surface area contributed by atoms with Gasteiger partial charge in [0.15, 0.2) is 0 Å². The van der Waals surface area contributed by atoms with Crippen LogP contribution in [-0.2, 0) is 16.1 Å². The zero-order valence-corrected chi connectivity index (χ0v) is 14.6. The fourth-order valence-electron chi connectivity index (χ4n) is 3.34. The minimum Gasteiger partial charge on any atom is -0.496 e. The van der Waals surface area contributed by atoms with Crippen LogP contribution in [-0.4, -0.2) is 39.9 Å². The van der Waals surface area contributed by atoms with Crippen molar-refractivity contribution >= 4 is 5.97 Å². The van der Waals surface area contributed by atoms with Crippen LogP contribution >= 0.6 is 0 Å². The molecule has 1 fully saturated rings. The molecule has 0 aliphatic carbocycles. The molecular weight excluding hydrogens is 294 g/mol. The third-order valence-electron chi connectivity index (χ3n) is 4.61. The number of likely N-dealkylation sites (tertiary alicyclic amines) is 1. The minimum absolute atomic E-state index is 0.0376. The fraction of sp³-hybridized carbons (Fsp3) is 0.611. The molecule has 0 atom stereocenters. The lowest BCUT2D eigenvalue weighted by atomic mass is 9.96. The number of carbonyl (C=O) groups is 1. The molecule has 1 N–H and O–H groups in total. The average molecular weight is 322 g/mol. The van der Waals surface area contributed by atoms with Crippen LogP contribution in [0.4, 0.5) is 0 Å². The molecule has 0 bridgehead atoms. The zero-order valence-electron chi connectivity index (χ0n) is 14.6. The second-order valence-corrected chi connectivity index (χ2v) is 6.04. The van der Waals surface area contributed by atoms with Gasteiger partial charge in [-0.05, 0) is 26.0 Å². The molecule has 1 saturated heterocycles. The highest BCUT2D eigenvalue weighted by Crippen LogP contribution is 2.30. The Hall–Kier alpha value is -1.75. The van der Waals surface area contributed by atoms with Gasteiger partial charge < -0.3 is 19.1 Å². The summed E-state index contributed by atoms with van der Waals surface area (Å²) in [5.74, 6) is 1.79. The fourth-order valence-corrected chi connectivity index (χ4v) is 3.34. The summed E-state index contributed by atoms with van der Waals surface area (Å²) in [6.07, 6.45) is 1.79. The molecule has 1 heterocycles. The lowest BCUT2D eigenvalue weighted by Crippen LogP contribution is -3.11. The molecule has 0 aromatic heterocycles. The topological polar surface area (TPSA) is 49.2 Å². The van der Waals surface area contributed by atoms with E-state index in [4.69, 9.17) is 14.2 Å². The van der Waals surface area contributed by atoms with E-state index >= 15 is 0 Å². The van der Waals surface area contributed by atoms with Crippen molar-refractivity contribution in [1.82, 2.24) is 0 Å². The molecule has 23 heavy (non-hydrogen) atoms. The molecule has 5 nitrogen and oxygen atoms in total. The summed E-state index contributed by atoms with van der Waals surface area (Å²) >= 11 is 0. The van der Waals surface area contributed by atoms with Crippen LogP contribution in [0.2, 0.25) is 0 Å². The van der Waals surface area contributed by atoms with E-state index in [-0.39, 0.29) is 11.9 Å². The maximum Gasteiger partial charge on any atom is 0.309 e. The summed E-state index contributed by atoms with van der Waals surface area (Å²) < 4.78 is 16.1. The van der Waals surface area contributed by atoms with Crippen LogP contribution < -0.4 is 14.4 Å². The van der Waals surface area contributed by atoms with E-state index in [1.807, 2.05) is 19.9 Å². The second kappa shape index (κ2) is 8.20. The highest BCUT2D eigenvalue weighted by Gasteiger charge is 2.29. The number of benzene rings is 1. The normalized spacial score (nSPS) is 20.9. The number of esters is 1. The molecule has 1 aromatic carbocycles. The number of rotatable bonds is 6. The number of quaternary nitrogens is 1. The first-order chi connectivity index (χ1) is 11.1. The van der Waals surface area contributed by atoms with Gasteiger partial charge in [-0.2, -0.15) is 0 Å². The standard InChI is InChI=1S/C18H27NO4/c1-5-23-18(20)14-8-10-19(11-9-14)12-15-6-7-16(21-3)13(2)17(15)22-4/h6-7,14H,5,8-12H2,1-4H3/p+1. The third kappa shape index (κ3) is 4.16. The van der Waals surface area contributed by atoms with Crippen LogP contribution in [0.25, 0.3) is 0 Å². The molecule has 1 aliphatic rings. The van der Waals surface area contributed by atoms with Crippen molar-refractivity contribution in [2.75, 3.05) is 33.9 Å². The van der Waals surface area contributed by atoms with E-state index in [0.29, 0.717) is 6.61 Å². The maximum absolute atomic E-state index is 11.8. The Bertz CT molecular complexity index is 536. The van der Waals surface area contributed by atoms with Crippen molar-refractivity contribution in [1.29, 1.82) is 0 Å². The Morgan fingerprint density at radius 3 is 2.48 bits per heavy atom. The number of nitrogens with one attached hydrogen (secondary N) is 1. The van der Waals surface area contributed by atoms with Gasteiger partial charge in [-0.15, -0.1) is 0 Å². The molecule has 0 saturated carbocycles. The third-order valence-corrected chi connectivity index (χ3v) is 4.61. The lowest BCUT2D eigenvalue weighted by Gasteiger charge is -2.28. The Kier molecular flexibility index (Phi) is 6.28. The zero-order chi connectivity index (χ0) is 16.8. The summed E-state index contributed by atoms with van der Waals surface area (Å²) in [6.45, 7) is 7.22. The smallest absolute Gasteiger partial charge is 0.309 e. The monoisotopic (exact) mass is 322 g/mol. The van der Waals surface area contributed by atoms with Crippen LogP contribution in [0.3, 0.4) is 0 Å². The molecule has 0 unspecified atom stereocenters. The van der Waals surface area contributed by atoms with Gasteiger partial charge in [0, 0.05) is 24.0 Å². The summed E-state index contributed by atoms with van der Waals surface area (Å²) in [5, 5.41) is 0. The van der Waals surface area contributed by atoms with Gasteiger partial charge in [-0.25, -0.2) is 0 Å². The van der Waals surface area contributed by atoms with Crippen LogP contribution in [0.5, 0.6) is 11.5 Å². The first kappa shape index (κ1) is 17.6. The van der Waals surface area contributed by atoms with E-state index in [0.717, 1.165) is 49.5 Å². The summed E-state index contributed by atoms with van der Waals surface area (Å²) in [6, 6.07) is 4.08. The number of methoxy groups -OCH3 is 2. The van der Waals surface area contributed by atoms with Crippen LogP contribution in [0.15, 0.2) is 12.1 Å². The second-order valence-electron chi connectivity index (χ2n) is 6.04. The number of carbonyl (C=O) groups excluding carboxylic acids is 1. The highest BCUT2D eigenvalue weighted by molar-refractivity contribution is 5.72.